The van der Waals surface area contributed by atoms with Gasteiger partial charge in [-0.15, -0.1) is 0 Å². The van der Waals surface area contributed by atoms with Gasteiger partial charge in [0.1, 0.15) is 0 Å². The van der Waals surface area contributed by atoms with E-state index in [9.17, 15) is 29.1 Å². The summed E-state index contributed by atoms with van der Waals surface area (Å²) in [6.45, 7) is 1.83. The minimum absolute atomic E-state index is 0.0185. The molecule has 0 aliphatic carbocycles. The van der Waals surface area contributed by atoms with Crippen molar-refractivity contribution in [3.63, 3.8) is 0 Å². The molecule has 3 rings (SSSR count). The van der Waals surface area contributed by atoms with Crippen LogP contribution in [0, 0.1) is 6.92 Å². The van der Waals surface area contributed by atoms with E-state index in [1.807, 2.05) is 12.3 Å². The standard InChI is InChI=1S/C26H22N2O8/c1-16-12-14-17(15-13-16)22(29)27-28-23(30)20(35-25(33)18-8-4-2-5-9-18)21(24(31)32)36-26(34)19-10-6-3-7-11-19/h2-15,20-21H,1H3,(H,27,29)(H,28,30)(H,31,32)/t20-,21+/m0/s1. The van der Waals surface area contributed by atoms with Crippen molar-refractivity contribution in [3.8, 4) is 0 Å². The Morgan fingerprint density at radius 3 is 1.58 bits per heavy atom. The molecule has 0 saturated heterocycles. The highest BCUT2D eigenvalue weighted by atomic mass is 16.6. The number of carboxylic acid groups (broad SMARTS) is 1. The van der Waals surface area contributed by atoms with Gasteiger partial charge in [0.15, 0.2) is 0 Å². The average Bonchev–Trinajstić information content (AvgIpc) is 2.90. The minimum Gasteiger partial charge on any atom is -0.478 e. The number of rotatable bonds is 8. The minimum atomic E-state index is -2.22. The number of ether oxygens (including phenoxy) is 2. The maximum absolute atomic E-state index is 12.9. The summed E-state index contributed by atoms with van der Waals surface area (Å²) in [6, 6.07) is 21.4. The lowest BCUT2D eigenvalue weighted by atomic mass is 10.1. The van der Waals surface area contributed by atoms with Gasteiger partial charge in [-0.3, -0.25) is 20.4 Å². The molecule has 0 unspecified atom stereocenters. The Kier molecular flexibility index (Phi) is 8.49. The van der Waals surface area contributed by atoms with Crippen molar-refractivity contribution in [2.45, 2.75) is 19.1 Å². The molecular weight excluding hydrogens is 468 g/mol. The molecule has 10 nitrogen and oxygen atoms in total. The van der Waals surface area contributed by atoms with Gasteiger partial charge in [0.2, 0.25) is 12.2 Å². The summed E-state index contributed by atoms with van der Waals surface area (Å²) in [5, 5.41) is 9.72. The maximum Gasteiger partial charge on any atom is 0.349 e. The Morgan fingerprint density at radius 2 is 1.11 bits per heavy atom. The summed E-state index contributed by atoms with van der Waals surface area (Å²) in [4.78, 5) is 62.4. The lowest BCUT2D eigenvalue weighted by Gasteiger charge is -2.23. The number of carboxylic acids is 1. The van der Waals surface area contributed by atoms with E-state index in [0.717, 1.165) is 5.56 Å². The second-order valence-electron chi connectivity index (χ2n) is 7.53. The van der Waals surface area contributed by atoms with E-state index < -0.39 is 41.9 Å². The van der Waals surface area contributed by atoms with Crippen LogP contribution in [0.1, 0.15) is 36.6 Å². The molecule has 3 N–H and O–H groups in total. The van der Waals surface area contributed by atoms with E-state index in [4.69, 9.17) is 9.47 Å². The van der Waals surface area contributed by atoms with Crippen LogP contribution in [0.3, 0.4) is 0 Å². The normalized spacial score (nSPS) is 11.9. The SMILES string of the molecule is Cc1ccc(C(=O)NNC(=O)[C@@H](OC(=O)c2ccccc2)[C@@H](OC(=O)c2ccccc2)C(=O)O)cc1. The van der Waals surface area contributed by atoms with Crippen molar-refractivity contribution < 1.29 is 38.6 Å². The van der Waals surface area contributed by atoms with E-state index in [1.165, 1.54) is 60.7 Å². The smallest absolute Gasteiger partial charge is 0.349 e. The number of benzene rings is 3. The van der Waals surface area contributed by atoms with Crippen LogP contribution >= 0.6 is 0 Å². The Morgan fingerprint density at radius 1 is 0.639 bits per heavy atom. The van der Waals surface area contributed by atoms with Crippen molar-refractivity contribution in [2.24, 2.45) is 0 Å². The number of carbonyl (C=O) groups excluding carboxylic acids is 4. The van der Waals surface area contributed by atoms with Crippen LogP contribution in [0.25, 0.3) is 0 Å². The Balaban J connectivity index is 1.82. The molecule has 3 aromatic carbocycles. The Bertz CT molecular complexity index is 1240. The Labute approximate surface area is 205 Å². The van der Waals surface area contributed by atoms with Crippen LogP contribution in [-0.4, -0.2) is 47.0 Å². The van der Waals surface area contributed by atoms with E-state index in [0.29, 0.717) is 0 Å². The summed E-state index contributed by atoms with van der Waals surface area (Å²) in [6.07, 6.45) is -4.36. The number of amides is 2. The third-order valence-corrected chi connectivity index (χ3v) is 4.88. The number of hydrogen-bond donors (Lipinski definition) is 3. The van der Waals surface area contributed by atoms with Gasteiger partial charge in [-0.25, -0.2) is 14.4 Å². The maximum atomic E-state index is 12.9. The predicted molar refractivity (Wildman–Crippen MR) is 126 cm³/mol. The average molecular weight is 490 g/mol. The molecule has 0 saturated carbocycles. The second kappa shape index (κ2) is 11.9. The number of hydrogen-bond acceptors (Lipinski definition) is 7. The third-order valence-electron chi connectivity index (χ3n) is 4.88. The summed E-state index contributed by atoms with van der Waals surface area (Å²) in [5.41, 5.74) is 5.32. The quantitative estimate of drug-likeness (QED) is 0.322. The topological polar surface area (TPSA) is 148 Å². The highest BCUT2D eigenvalue weighted by molar-refractivity contribution is 5.99. The van der Waals surface area contributed by atoms with Crippen LogP contribution in [0.15, 0.2) is 84.9 Å². The van der Waals surface area contributed by atoms with Crippen LogP contribution in [0.5, 0.6) is 0 Å². The summed E-state index contributed by atoms with van der Waals surface area (Å²) in [5.74, 6) is -5.77. The molecule has 0 fully saturated rings. The number of nitrogens with one attached hydrogen (secondary N) is 2. The van der Waals surface area contributed by atoms with Crippen LogP contribution < -0.4 is 10.9 Å². The molecule has 10 heteroatoms. The number of aryl methyl sites for hydroxylation is 1. The first-order valence-corrected chi connectivity index (χ1v) is 10.7. The van der Waals surface area contributed by atoms with Crippen LogP contribution in [0.2, 0.25) is 0 Å². The fraction of sp³-hybridized carbons (Fsp3) is 0.115. The van der Waals surface area contributed by atoms with E-state index in [-0.39, 0.29) is 16.7 Å². The molecule has 0 bridgehead atoms. The molecule has 2 atom stereocenters. The first-order valence-electron chi connectivity index (χ1n) is 10.7. The van der Waals surface area contributed by atoms with Gasteiger partial charge in [0.25, 0.3) is 11.8 Å². The first-order chi connectivity index (χ1) is 17.3. The van der Waals surface area contributed by atoms with Crippen molar-refractivity contribution in [3.05, 3.63) is 107 Å². The Hall–Kier alpha value is -4.99. The highest BCUT2D eigenvalue weighted by Crippen LogP contribution is 2.13. The van der Waals surface area contributed by atoms with Gasteiger partial charge >= 0.3 is 17.9 Å². The molecule has 36 heavy (non-hydrogen) atoms. The molecule has 3 aromatic rings. The fourth-order valence-electron chi connectivity index (χ4n) is 2.98. The van der Waals surface area contributed by atoms with E-state index in [2.05, 4.69) is 5.43 Å². The van der Waals surface area contributed by atoms with E-state index >= 15 is 0 Å². The van der Waals surface area contributed by atoms with Crippen LogP contribution in [-0.2, 0) is 19.1 Å². The van der Waals surface area contributed by atoms with Crippen molar-refractivity contribution >= 4 is 29.7 Å². The molecule has 0 heterocycles. The number of hydrazine groups is 1. The van der Waals surface area contributed by atoms with Crippen molar-refractivity contribution in [1.29, 1.82) is 0 Å². The summed E-state index contributed by atoms with van der Waals surface area (Å²) in [7, 11) is 0. The number of esters is 2. The lowest BCUT2D eigenvalue weighted by molar-refractivity contribution is -0.159. The monoisotopic (exact) mass is 490 g/mol. The van der Waals surface area contributed by atoms with E-state index in [1.54, 1.807) is 24.3 Å². The van der Waals surface area contributed by atoms with Gasteiger partial charge in [-0.05, 0) is 43.3 Å². The van der Waals surface area contributed by atoms with Crippen molar-refractivity contribution in [1.82, 2.24) is 10.9 Å². The zero-order valence-electron chi connectivity index (χ0n) is 19.0. The molecule has 0 aromatic heterocycles. The largest absolute Gasteiger partial charge is 0.478 e. The third kappa shape index (κ3) is 6.76. The summed E-state index contributed by atoms with van der Waals surface area (Å²) >= 11 is 0. The molecular formula is C26H22N2O8. The van der Waals surface area contributed by atoms with Gasteiger partial charge < -0.3 is 14.6 Å². The fourth-order valence-corrected chi connectivity index (χ4v) is 2.98. The lowest BCUT2D eigenvalue weighted by Crippen LogP contribution is -2.54. The molecule has 0 aliphatic rings. The van der Waals surface area contributed by atoms with Gasteiger partial charge in [0, 0.05) is 5.56 Å². The van der Waals surface area contributed by atoms with Gasteiger partial charge in [0.05, 0.1) is 11.1 Å². The first kappa shape index (κ1) is 25.6. The highest BCUT2D eigenvalue weighted by Gasteiger charge is 2.41. The van der Waals surface area contributed by atoms with Gasteiger partial charge in [-0.2, -0.15) is 0 Å². The molecule has 0 radical (unpaired) electrons. The molecule has 184 valence electrons. The van der Waals surface area contributed by atoms with Crippen molar-refractivity contribution in [2.75, 3.05) is 0 Å². The molecule has 0 spiro atoms. The zero-order valence-corrected chi connectivity index (χ0v) is 19.0. The zero-order chi connectivity index (χ0) is 26.1. The second-order valence-corrected chi connectivity index (χ2v) is 7.53. The molecule has 0 aliphatic heterocycles. The number of aliphatic carboxylic acids is 1. The molecule has 2 amide bonds. The predicted octanol–water partition coefficient (Wildman–Crippen LogP) is 2.29. The summed E-state index contributed by atoms with van der Waals surface area (Å²) < 4.78 is 10.2. The van der Waals surface area contributed by atoms with Crippen LogP contribution in [0.4, 0.5) is 0 Å². The number of carbonyl (C=O) groups is 5. The van der Waals surface area contributed by atoms with Gasteiger partial charge in [-0.1, -0.05) is 54.1 Å².